The average Bonchev–Trinajstić information content (AvgIpc) is 3.54. The topological polar surface area (TPSA) is 84.5 Å². The smallest absolute Gasteiger partial charge is 0.276 e. The van der Waals surface area contributed by atoms with Gasteiger partial charge in [-0.1, -0.05) is 29.5 Å². The summed E-state index contributed by atoms with van der Waals surface area (Å²) in [7, 11) is 0. The number of amides is 2. The summed E-state index contributed by atoms with van der Waals surface area (Å²) in [5.41, 5.74) is 3.39. The van der Waals surface area contributed by atoms with Gasteiger partial charge in [-0.05, 0) is 36.5 Å². The Morgan fingerprint density at radius 3 is 2.80 bits per heavy atom. The van der Waals surface area contributed by atoms with Crippen LogP contribution < -0.4 is 0 Å². The molecule has 0 radical (unpaired) electrons. The molecule has 30 heavy (non-hydrogen) atoms. The van der Waals surface area contributed by atoms with Gasteiger partial charge in [-0.25, -0.2) is 4.68 Å². The molecule has 1 saturated heterocycles. The largest absolute Gasteiger partial charge is 0.472 e. The van der Waals surface area contributed by atoms with Gasteiger partial charge < -0.3 is 14.2 Å². The highest BCUT2D eigenvalue weighted by Crippen LogP contribution is 2.22. The fourth-order valence-corrected chi connectivity index (χ4v) is 4.38. The minimum absolute atomic E-state index is 0.0268. The minimum atomic E-state index is -0.103. The standard InChI is InChI=1S/C22H23N5O3/c28-21(18-8-11-30-15-18)27-9-3-6-19(27)13-26-14-20(23-24-26)22(29)25-10-7-16-4-1-2-5-17(16)12-25/h1-2,4-5,8,11,14-15,19H,3,6-7,9-10,12-13H2/t19-/m0/s1. The first kappa shape index (κ1) is 18.6. The number of hydrogen-bond donors (Lipinski definition) is 0. The van der Waals surface area contributed by atoms with Crippen molar-refractivity contribution in [2.45, 2.75) is 38.4 Å². The summed E-state index contributed by atoms with van der Waals surface area (Å²) in [6, 6.07) is 9.93. The Balaban J connectivity index is 1.25. The summed E-state index contributed by atoms with van der Waals surface area (Å²) in [6.07, 6.45) is 7.37. The van der Waals surface area contributed by atoms with Gasteiger partial charge in [0.25, 0.3) is 11.8 Å². The van der Waals surface area contributed by atoms with Crippen LogP contribution in [0.2, 0.25) is 0 Å². The van der Waals surface area contributed by atoms with Crippen molar-refractivity contribution in [3.63, 3.8) is 0 Å². The number of carbonyl (C=O) groups excluding carboxylic acids is 2. The second kappa shape index (κ2) is 7.78. The number of aromatic nitrogens is 3. The van der Waals surface area contributed by atoms with Crippen molar-refractivity contribution in [2.75, 3.05) is 13.1 Å². The summed E-state index contributed by atoms with van der Waals surface area (Å²) < 4.78 is 6.72. The van der Waals surface area contributed by atoms with Crippen molar-refractivity contribution in [3.8, 4) is 0 Å². The Hall–Kier alpha value is -3.42. The molecule has 1 atom stereocenters. The molecule has 154 valence electrons. The van der Waals surface area contributed by atoms with Crippen LogP contribution in [0.25, 0.3) is 0 Å². The van der Waals surface area contributed by atoms with E-state index in [4.69, 9.17) is 4.42 Å². The van der Waals surface area contributed by atoms with Crippen LogP contribution >= 0.6 is 0 Å². The van der Waals surface area contributed by atoms with E-state index >= 15 is 0 Å². The fourth-order valence-electron chi connectivity index (χ4n) is 4.38. The van der Waals surface area contributed by atoms with Crippen LogP contribution in [0, 0.1) is 0 Å². The minimum Gasteiger partial charge on any atom is -0.472 e. The molecule has 1 fully saturated rings. The van der Waals surface area contributed by atoms with Crippen LogP contribution in [-0.2, 0) is 19.5 Å². The Morgan fingerprint density at radius 1 is 1.10 bits per heavy atom. The molecule has 5 rings (SSSR count). The summed E-state index contributed by atoms with van der Waals surface area (Å²) in [6.45, 7) is 2.50. The van der Waals surface area contributed by atoms with Gasteiger partial charge in [0.1, 0.15) is 6.26 Å². The first-order valence-electron chi connectivity index (χ1n) is 10.3. The highest BCUT2D eigenvalue weighted by molar-refractivity contribution is 5.94. The lowest BCUT2D eigenvalue weighted by Crippen LogP contribution is -2.38. The van der Waals surface area contributed by atoms with E-state index in [2.05, 4.69) is 22.4 Å². The summed E-state index contributed by atoms with van der Waals surface area (Å²) >= 11 is 0. The van der Waals surface area contributed by atoms with Gasteiger partial charge in [-0.15, -0.1) is 5.10 Å². The maximum Gasteiger partial charge on any atom is 0.276 e. The molecule has 4 heterocycles. The molecule has 2 amide bonds. The molecule has 0 N–H and O–H groups in total. The van der Waals surface area contributed by atoms with Gasteiger partial charge >= 0.3 is 0 Å². The summed E-state index contributed by atoms with van der Waals surface area (Å²) in [4.78, 5) is 29.3. The third kappa shape index (κ3) is 3.49. The highest BCUT2D eigenvalue weighted by atomic mass is 16.3. The zero-order valence-corrected chi connectivity index (χ0v) is 16.6. The Kier molecular flexibility index (Phi) is 4.82. The second-order valence-electron chi connectivity index (χ2n) is 7.88. The number of likely N-dealkylation sites (tertiary alicyclic amines) is 1. The molecular formula is C22H23N5O3. The lowest BCUT2D eigenvalue weighted by atomic mass is 10.00. The van der Waals surface area contributed by atoms with E-state index in [1.165, 1.54) is 23.7 Å². The number of hydrogen-bond acceptors (Lipinski definition) is 5. The molecule has 0 spiro atoms. The molecule has 8 nitrogen and oxygen atoms in total. The normalized spacial score (nSPS) is 18.5. The molecule has 2 aromatic heterocycles. The van der Waals surface area contributed by atoms with E-state index in [1.54, 1.807) is 16.9 Å². The predicted molar refractivity (Wildman–Crippen MR) is 108 cm³/mol. The zero-order chi connectivity index (χ0) is 20.5. The second-order valence-corrected chi connectivity index (χ2v) is 7.88. The van der Waals surface area contributed by atoms with E-state index in [1.807, 2.05) is 21.9 Å². The van der Waals surface area contributed by atoms with Crippen molar-refractivity contribution in [1.82, 2.24) is 24.8 Å². The monoisotopic (exact) mass is 405 g/mol. The van der Waals surface area contributed by atoms with E-state index in [0.717, 1.165) is 19.3 Å². The third-order valence-corrected chi connectivity index (χ3v) is 5.98. The Morgan fingerprint density at radius 2 is 1.97 bits per heavy atom. The average molecular weight is 405 g/mol. The number of furan rings is 1. The SMILES string of the molecule is O=C(c1cn(C[C@@H]2CCCN2C(=O)c2ccoc2)nn1)N1CCc2ccccc2C1. The quantitative estimate of drug-likeness (QED) is 0.665. The van der Waals surface area contributed by atoms with Gasteiger partial charge in [0.2, 0.25) is 0 Å². The van der Waals surface area contributed by atoms with E-state index in [9.17, 15) is 9.59 Å². The fraction of sp³-hybridized carbons (Fsp3) is 0.364. The molecule has 0 aliphatic carbocycles. The summed E-state index contributed by atoms with van der Waals surface area (Å²) in [5, 5.41) is 8.27. The van der Waals surface area contributed by atoms with Crippen molar-refractivity contribution in [1.29, 1.82) is 0 Å². The van der Waals surface area contributed by atoms with Crippen LogP contribution in [-0.4, -0.2) is 55.7 Å². The number of rotatable bonds is 4. The Labute approximate surface area is 174 Å². The van der Waals surface area contributed by atoms with Crippen molar-refractivity contribution in [3.05, 3.63) is 71.4 Å². The first-order chi connectivity index (χ1) is 14.7. The highest BCUT2D eigenvalue weighted by Gasteiger charge is 2.31. The van der Waals surface area contributed by atoms with E-state index in [0.29, 0.717) is 37.4 Å². The van der Waals surface area contributed by atoms with Crippen LogP contribution in [0.5, 0.6) is 0 Å². The maximum atomic E-state index is 12.9. The van der Waals surface area contributed by atoms with Gasteiger partial charge in [0.05, 0.1) is 30.6 Å². The molecule has 2 aliphatic rings. The zero-order valence-electron chi connectivity index (χ0n) is 16.6. The predicted octanol–water partition coefficient (Wildman–Crippen LogP) is 2.37. The molecule has 2 aliphatic heterocycles. The first-order valence-corrected chi connectivity index (χ1v) is 10.3. The molecule has 3 aromatic rings. The third-order valence-electron chi connectivity index (χ3n) is 5.98. The van der Waals surface area contributed by atoms with Crippen molar-refractivity contribution >= 4 is 11.8 Å². The van der Waals surface area contributed by atoms with Gasteiger partial charge in [0, 0.05) is 19.6 Å². The molecule has 0 bridgehead atoms. The number of nitrogens with zero attached hydrogens (tertiary/aromatic N) is 5. The van der Waals surface area contributed by atoms with Crippen LogP contribution in [0.1, 0.15) is 44.8 Å². The number of carbonyl (C=O) groups is 2. The van der Waals surface area contributed by atoms with Gasteiger partial charge in [-0.2, -0.15) is 0 Å². The lowest BCUT2D eigenvalue weighted by molar-refractivity contribution is 0.0714. The van der Waals surface area contributed by atoms with Crippen LogP contribution in [0.3, 0.4) is 0 Å². The van der Waals surface area contributed by atoms with Crippen LogP contribution in [0.4, 0.5) is 0 Å². The van der Waals surface area contributed by atoms with Crippen LogP contribution in [0.15, 0.2) is 53.5 Å². The Bertz CT molecular complexity index is 1060. The van der Waals surface area contributed by atoms with Crippen molar-refractivity contribution < 1.29 is 14.0 Å². The molecule has 8 heteroatoms. The molecule has 1 aromatic carbocycles. The van der Waals surface area contributed by atoms with Gasteiger partial charge in [0.15, 0.2) is 5.69 Å². The number of benzene rings is 1. The van der Waals surface area contributed by atoms with Gasteiger partial charge in [-0.3, -0.25) is 9.59 Å². The molecule has 0 unspecified atom stereocenters. The van der Waals surface area contributed by atoms with Crippen molar-refractivity contribution in [2.24, 2.45) is 0 Å². The lowest BCUT2D eigenvalue weighted by Gasteiger charge is -2.28. The summed E-state index contributed by atoms with van der Waals surface area (Å²) in [5.74, 6) is -0.136. The molecule has 0 saturated carbocycles. The molecular weight excluding hydrogens is 382 g/mol. The van der Waals surface area contributed by atoms with E-state index in [-0.39, 0.29) is 17.9 Å². The number of fused-ring (bicyclic) bond motifs is 1. The maximum absolute atomic E-state index is 12.9. The van der Waals surface area contributed by atoms with E-state index < -0.39 is 0 Å².